The van der Waals surface area contributed by atoms with Crippen molar-refractivity contribution in [3.05, 3.63) is 60.2 Å². The molecule has 3 rings (SSSR count). The van der Waals surface area contributed by atoms with Crippen LogP contribution < -0.4 is 10.0 Å². The lowest BCUT2D eigenvalue weighted by Crippen LogP contribution is -2.32. The second-order valence-corrected chi connectivity index (χ2v) is 9.36. The molecule has 0 saturated carbocycles. The Labute approximate surface area is 170 Å². The van der Waals surface area contributed by atoms with E-state index in [1.54, 1.807) is 11.8 Å². The van der Waals surface area contributed by atoms with Gasteiger partial charge < -0.3 is 10.1 Å². The number of hydrogen-bond acceptors (Lipinski definition) is 5. The summed E-state index contributed by atoms with van der Waals surface area (Å²) < 4.78 is 32.7. The first-order valence-electron chi connectivity index (χ1n) is 9.22. The molecule has 8 heteroatoms. The monoisotopic (exact) mass is 420 g/mol. The summed E-state index contributed by atoms with van der Waals surface area (Å²) in [4.78, 5) is 13.5. The summed E-state index contributed by atoms with van der Waals surface area (Å²) in [7, 11) is -3.61. The minimum atomic E-state index is -3.61. The number of ether oxygens (including phenoxy) is 1. The molecule has 2 N–H and O–H groups in total. The van der Waals surface area contributed by atoms with Crippen LogP contribution in [0.5, 0.6) is 0 Å². The van der Waals surface area contributed by atoms with E-state index < -0.39 is 10.0 Å². The summed E-state index contributed by atoms with van der Waals surface area (Å²) >= 11 is 1.67. The van der Waals surface area contributed by atoms with Gasteiger partial charge in [0.15, 0.2) is 0 Å². The van der Waals surface area contributed by atoms with Crippen LogP contribution in [0.15, 0.2) is 64.4 Å². The highest BCUT2D eigenvalue weighted by molar-refractivity contribution is 7.99. The number of thioether (sulfide) groups is 1. The predicted octanol–water partition coefficient (Wildman–Crippen LogP) is 2.67. The second-order valence-electron chi connectivity index (χ2n) is 6.43. The average molecular weight is 421 g/mol. The van der Waals surface area contributed by atoms with Gasteiger partial charge >= 0.3 is 0 Å². The van der Waals surface area contributed by atoms with Crippen LogP contribution >= 0.6 is 11.8 Å². The molecule has 28 heavy (non-hydrogen) atoms. The number of nitrogens with one attached hydrogen (secondary N) is 2. The van der Waals surface area contributed by atoms with Crippen molar-refractivity contribution in [3.63, 3.8) is 0 Å². The zero-order valence-corrected chi connectivity index (χ0v) is 17.1. The minimum absolute atomic E-state index is 0.0615. The molecule has 0 unspecified atom stereocenters. The van der Waals surface area contributed by atoms with Crippen molar-refractivity contribution >= 4 is 27.7 Å². The molecular weight excluding hydrogens is 396 g/mol. The molecule has 1 fully saturated rings. The molecule has 0 bridgehead atoms. The Balaban J connectivity index is 1.46. The fourth-order valence-electron chi connectivity index (χ4n) is 2.83. The number of benzene rings is 2. The first kappa shape index (κ1) is 20.9. The van der Waals surface area contributed by atoms with Crippen LogP contribution in [0.4, 0.5) is 0 Å². The maximum atomic E-state index is 12.3. The van der Waals surface area contributed by atoms with Crippen LogP contribution in [-0.2, 0) is 14.8 Å². The smallest absolute Gasteiger partial charge is 0.251 e. The van der Waals surface area contributed by atoms with Crippen molar-refractivity contribution in [2.45, 2.75) is 28.7 Å². The summed E-state index contributed by atoms with van der Waals surface area (Å²) in [5, 5.41) is 2.85. The minimum Gasteiger partial charge on any atom is -0.377 e. The Morgan fingerprint density at radius 1 is 1.11 bits per heavy atom. The number of carbonyl (C=O) groups is 1. The van der Waals surface area contributed by atoms with E-state index in [4.69, 9.17) is 4.74 Å². The summed E-state index contributed by atoms with van der Waals surface area (Å²) in [6, 6.07) is 15.9. The third-order valence-corrected chi connectivity index (χ3v) is 6.80. The molecular formula is C20H24N2O4S2. The summed E-state index contributed by atoms with van der Waals surface area (Å²) in [5.41, 5.74) is 0.433. The third-order valence-electron chi connectivity index (χ3n) is 4.35. The van der Waals surface area contributed by atoms with Gasteiger partial charge in [-0.25, -0.2) is 13.1 Å². The molecule has 1 aliphatic rings. The van der Waals surface area contributed by atoms with Crippen LogP contribution in [-0.4, -0.2) is 45.9 Å². The standard InChI is InChI=1S/C20H24N2O4S2/c23-20(21-12-14-27-18-6-2-1-3-7-18)16-8-10-19(11-9-16)28(24,25)22-15-17-5-4-13-26-17/h1-3,6-11,17,22H,4-5,12-15H2,(H,21,23)/t17-/m1/s1. The van der Waals surface area contributed by atoms with Gasteiger partial charge in [0.25, 0.3) is 5.91 Å². The Kier molecular flexibility index (Phi) is 7.50. The maximum absolute atomic E-state index is 12.3. The highest BCUT2D eigenvalue weighted by Gasteiger charge is 2.20. The van der Waals surface area contributed by atoms with Crippen LogP contribution in [0.1, 0.15) is 23.2 Å². The molecule has 0 radical (unpaired) electrons. The van der Waals surface area contributed by atoms with Crippen LogP contribution in [0.2, 0.25) is 0 Å². The Morgan fingerprint density at radius 2 is 1.86 bits per heavy atom. The van der Waals surface area contributed by atoms with Gasteiger partial charge in [0.05, 0.1) is 11.0 Å². The molecule has 6 nitrogen and oxygen atoms in total. The largest absolute Gasteiger partial charge is 0.377 e. The van der Waals surface area contributed by atoms with Gasteiger partial charge in [0.2, 0.25) is 10.0 Å². The van der Waals surface area contributed by atoms with Gasteiger partial charge in [0.1, 0.15) is 0 Å². The lowest BCUT2D eigenvalue weighted by Gasteiger charge is -2.11. The quantitative estimate of drug-likeness (QED) is 0.481. The highest BCUT2D eigenvalue weighted by atomic mass is 32.2. The van der Waals surface area contributed by atoms with Crippen molar-refractivity contribution in [1.82, 2.24) is 10.0 Å². The van der Waals surface area contributed by atoms with Gasteiger partial charge in [-0.1, -0.05) is 18.2 Å². The van der Waals surface area contributed by atoms with E-state index in [9.17, 15) is 13.2 Å². The molecule has 1 heterocycles. The molecule has 0 spiro atoms. The van der Waals surface area contributed by atoms with E-state index in [0.717, 1.165) is 23.5 Å². The molecule has 1 saturated heterocycles. The van der Waals surface area contributed by atoms with E-state index in [1.807, 2.05) is 30.3 Å². The summed E-state index contributed by atoms with van der Waals surface area (Å²) in [6.07, 6.45) is 1.76. The van der Waals surface area contributed by atoms with Crippen molar-refractivity contribution in [2.75, 3.05) is 25.4 Å². The van der Waals surface area contributed by atoms with Crippen molar-refractivity contribution in [1.29, 1.82) is 0 Å². The molecule has 1 aliphatic heterocycles. The maximum Gasteiger partial charge on any atom is 0.251 e. The van der Waals surface area contributed by atoms with Gasteiger partial charge in [-0.15, -0.1) is 11.8 Å². The van der Waals surface area contributed by atoms with Gasteiger partial charge in [-0.05, 0) is 49.2 Å². The molecule has 0 aliphatic carbocycles. The predicted molar refractivity (Wildman–Crippen MR) is 110 cm³/mol. The number of amides is 1. The van der Waals surface area contributed by atoms with Crippen molar-refractivity contribution < 1.29 is 17.9 Å². The van der Waals surface area contributed by atoms with Crippen LogP contribution in [0.3, 0.4) is 0 Å². The van der Waals surface area contributed by atoms with Gasteiger partial charge in [-0.2, -0.15) is 0 Å². The Hall–Kier alpha value is -1.87. The fraction of sp³-hybridized carbons (Fsp3) is 0.350. The zero-order chi connectivity index (χ0) is 19.8. The Bertz CT molecular complexity index is 865. The van der Waals surface area contributed by atoms with Crippen molar-refractivity contribution in [2.24, 2.45) is 0 Å². The van der Waals surface area contributed by atoms with E-state index >= 15 is 0 Å². The topological polar surface area (TPSA) is 84.5 Å². The molecule has 150 valence electrons. The van der Waals surface area contributed by atoms with Crippen molar-refractivity contribution in [3.8, 4) is 0 Å². The first-order valence-corrected chi connectivity index (χ1v) is 11.7. The van der Waals surface area contributed by atoms with Gasteiger partial charge in [-0.3, -0.25) is 4.79 Å². The summed E-state index contributed by atoms with van der Waals surface area (Å²) in [6.45, 7) is 1.48. The van der Waals surface area contributed by atoms with E-state index in [0.29, 0.717) is 18.7 Å². The van der Waals surface area contributed by atoms with E-state index in [-0.39, 0.29) is 23.5 Å². The van der Waals surface area contributed by atoms with E-state index in [2.05, 4.69) is 10.0 Å². The molecule has 0 aromatic heterocycles. The molecule has 1 atom stereocenters. The normalized spacial score (nSPS) is 16.8. The Morgan fingerprint density at radius 3 is 2.54 bits per heavy atom. The molecule has 1 amide bonds. The lowest BCUT2D eigenvalue weighted by molar-refractivity contribution is 0.0956. The van der Waals surface area contributed by atoms with E-state index in [1.165, 1.54) is 24.3 Å². The first-order chi connectivity index (χ1) is 13.5. The fourth-order valence-corrected chi connectivity index (χ4v) is 4.68. The SMILES string of the molecule is O=C(NCCSc1ccccc1)c1ccc(S(=O)(=O)NC[C@H]2CCCO2)cc1. The van der Waals surface area contributed by atoms with Crippen LogP contribution in [0.25, 0.3) is 0 Å². The third kappa shape index (κ3) is 6.07. The average Bonchev–Trinajstić information content (AvgIpc) is 3.24. The zero-order valence-electron chi connectivity index (χ0n) is 15.5. The molecule has 2 aromatic carbocycles. The van der Waals surface area contributed by atoms with Crippen LogP contribution in [0, 0.1) is 0 Å². The number of hydrogen-bond donors (Lipinski definition) is 2. The number of rotatable bonds is 9. The number of sulfonamides is 1. The summed E-state index contributed by atoms with van der Waals surface area (Å²) in [5.74, 6) is 0.542. The lowest BCUT2D eigenvalue weighted by atomic mass is 10.2. The van der Waals surface area contributed by atoms with Gasteiger partial charge in [0, 0.05) is 35.9 Å². The second kappa shape index (κ2) is 10.1. The molecule has 2 aromatic rings. The highest BCUT2D eigenvalue weighted by Crippen LogP contribution is 2.16. The number of carbonyl (C=O) groups excluding carboxylic acids is 1.